The van der Waals surface area contributed by atoms with Crippen LogP contribution in [0.5, 0.6) is 11.5 Å². The van der Waals surface area contributed by atoms with Crippen LogP contribution in [-0.2, 0) is 4.79 Å². The van der Waals surface area contributed by atoms with Crippen LogP contribution in [0.3, 0.4) is 0 Å². The summed E-state index contributed by atoms with van der Waals surface area (Å²) in [5.41, 5.74) is 5.96. The van der Waals surface area contributed by atoms with E-state index in [0.717, 1.165) is 0 Å². The summed E-state index contributed by atoms with van der Waals surface area (Å²) in [5, 5.41) is 8.58. The normalized spacial score (nSPS) is 12.0. The average Bonchev–Trinajstić information content (AvgIpc) is 2.36. The molecule has 0 aliphatic rings. The first-order valence-electron chi connectivity index (χ1n) is 5.38. The lowest BCUT2D eigenvalue weighted by atomic mass is 10.0. The Kier molecular flexibility index (Phi) is 4.91. The number of halogens is 1. The predicted octanol–water partition coefficient (Wildman–Crippen LogP) is 1.71. The summed E-state index contributed by atoms with van der Waals surface area (Å²) in [4.78, 5) is 10.5. The highest BCUT2D eigenvalue weighted by atomic mass is 19.1. The van der Waals surface area contributed by atoms with E-state index in [4.69, 9.17) is 20.3 Å². The summed E-state index contributed by atoms with van der Waals surface area (Å²) in [6.45, 7) is 0. The number of aliphatic carboxylic acids is 1. The van der Waals surface area contributed by atoms with Gasteiger partial charge in [0.05, 0.1) is 14.2 Å². The summed E-state index contributed by atoms with van der Waals surface area (Å²) in [7, 11) is 2.78. The molecule has 0 aromatic heterocycles. The summed E-state index contributed by atoms with van der Waals surface area (Å²) in [6, 6.07) is 2.14. The molecule has 0 aliphatic carbocycles. The molecule has 100 valence electrons. The standard InChI is InChI=1S/C12H16FNO4/c1-17-7-5-8(9(14)3-4-11(15)16)12(13)10(6-7)18-2/h5-6,9H,3-4,14H2,1-2H3,(H,15,16). The molecule has 18 heavy (non-hydrogen) atoms. The van der Waals surface area contributed by atoms with Crippen molar-refractivity contribution in [3.8, 4) is 11.5 Å². The number of carboxylic acids is 1. The summed E-state index contributed by atoms with van der Waals surface area (Å²) < 4.78 is 23.8. The van der Waals surface area contributed by atoms with Gasteiger partial charge in [0.2, 0.25) is 0 Å². The van der Waals surface area contributed by atoms with Gasteiger partial charge in [-0.2, -0.15) is 0 Å². The van der Waals surface area contributed by atoms with Crippen molar-refractivity contribution in [2.75, 3.05) is 14.2 Å². The lowest BCUT2D eigenvalue weighted by Crippen LogP contribution is -2.14. The van der Waals surface area contributed by atoms with Crippen LogP contribution in [0.4, 0.5) is 4.39 Å². The minimum atomic E-state index is -0.972. The molecule has 0 aliphatic heterocycles. The number of carboxylic acid groups (broad SMARTS) is 1. The van der Waals surface area contributed by atoms with Crippen LogP contribution in [0.15, 0.2) is 12.1 Å². The smallest absolute Gasteiger partial charge is 0.303 e. The maximum absolute atomic E-state index is 14.0. The second-order valence-corrected chi connectivity index (χ2v) is 3.77. The van der Waals surface area contributed by atoms with Crippen molar-refractivity contribution < 1.29 is 23.8 Å². The van der Waals surface area contributed by atoms with Crippen molar-refractivity contribution in [3.63, 3.8) is 0 Å². The Balaban J connectivity index is 3.02. The molecule has 1 aromatic rings. The molecule has 1 unspecified atom stereocenters. The predicted molar refractivity (Wildman–Crippen MR) is 63.3 cm³/mol. The summed E-state index contributed by atoms with van der Waals surface area (Å²) >= 11 is 0. The van der Waals surface area contributed by atoms with Crippen LogP contribution < -0.4 is 15.2 Å². The van der Waals surface area contributed by atoms with Crippen LogP contribution in [0.25, 0.3) is 0 Å². The first-order valence-corrected chi connectivity index (χ1v) is 5.38. The first-order chi connectivity index (χ1) is 8.49. The fourth-order valence-corrected chi connectivity index (χ4v) is 1.56. The van der Waals surface area contributed by atoms with Crippen molar-refractivity contribution in [1.82, 2.24) is 0 Å². The van der Waals surface area contributed by atoms with Gasteiger partial charge in [-0.1, -0.05) is 0 Å². The number of rotatable bonds is 6. The molecule has 0 radical (unpaired) electrons. The lowest BCUT2D eigenvalue weighted by molar-refractivity contribution is -0.137. The second-order valence-electron chi connectivity index (χ2n) is 3.77. The van der Waals surface area contributed by atoms with Crippen LogP contribution in [0.2, 0.25) is 0 Å². The number of ether oxygens (including phenoxy) is 2. The summed E-state index contributed by atoms with van der Waals surface area (Å²) in [6.07, 6.45) is 0.0166. The Bertz CT molecular complexity index is 436. The van der Waals surface area contributed by atoms with E-state index in [0.29, 0.717) is 5.75 Å². The molecule has 0 saturated heterocycles. The van der Waals surface area contributed by atoms with Gasteiger partial charge >= 0.3 is 5.97 Å². The van der Waals surface area contributed by atoms with Gasteiger partial charge in [-0.25, -0.2) is 4.39 Å². The zero-order valence-electron chi connectivity index (χ0n) is 10.3. The van der Waals surface area contributed by atoms with Gasteiger partial charge in [-0.3, -0.25) is 4.79 Å². The third-order valence-corrected chi connectivity index (χ3v) is 2.57. The van der Waals surface area contributed by atoms with E-state index in [1.807, 2.05) is 0 Å². The molecule has 5 nitrogen and oxygen atoms in total. The molecular weight excluding hydrogens is 241 g/mol. The van der Waals surface area contributed by atoms with Crippen molar-refractivity contribution in [2.45, 2.75) is 18.9 Å². The number of benzene rings is 1. The van der Waals surface area contributed by atoms with Crippen LogP contribution in [-0.4, -0.2) is 25.3 Å². The minimum absolute atomic E-state index is 0.0233. The highest BCUT2D eigenvalue weighted by Crippen LogP contribution is 2.31. The fraction of sp³-hybridized carbons (Fsp3) is 0.417. The maximum Gasteiger partial charge on any atom is 0.303 e. The van der Waals surface area contributed by atoms with Gasteiger partial charge in [0.25, 0.3) is 0 Å². The fourth-order valence-electron chi connectivity index (χ4n) is 1.56. The molecule has 1 rings (SSSR count). The van der Waals surface area contributed by atoms with Crippen molar-refractivity contribution >= 4 is 5.97 Å². The van der Waals surface area contributed by atoms with Gasteiger partial charge in [0.1, 0.15) is 5.75 Å². The van der Waals surface area contributed by atoms with Crippen molar-refractivity contribution in [2.24, 2.45) is 5.73 Å². The quantitative estimate of drug-likeness (QED) is 0.810. The molecule has 6 heteroatoms. The van der Waals surface area contributed by atoms with Gasteiger partial charge in [0.15, 0.2) is 11.6 Å². The lowest BCUT2D eigenvalue weighted by Gasteiger charge is -2.15. The van der Waals surface area contributed by atoms with E-state index in [1.165, 1.54) is 26.4 Å². The number of methoxy groups -OCH3 is 2. The summed E-state index contributed by atoms with van der Waals surface area (Å²) in [5.74, 6) is -1.12. The zero-order chi connectivity index (χ0) is 13.7. The van der Waals surface area contributed by atoms with Gasteiger partial charge in [0, 0.05) is 24.1 Å². The number of carbonyl (C=O) groups is 1. The molecular formula is C12H16FNO4. The van der Waals surface area contributed by atoms with Crippen LogP contribution in [0, 0.1) is 5.82 Å². The van der Waals surface area contributed by atoms with E-state index in [2.05, 4.69) is 0 Å². The molecule has 0 saturated carbocycles. The number of nitrogens with two attached hydrogens (primary N) is 1. The molecule has 0 bridgehead atoms. The van der Waals surface area contributed by atoms with Gasteiger partial charge < -0.3 is 20.3 Å². The zero-order valence-corrected chi connectivity index (χ0v) is 10.3. The third-order valence-electron chi connectivity index (χ3n) is 2.57. The largest absolute Gasteiger partial charge is 0.497 e. The van der Waals surface area contributed by atoms with Gasteiger partial charge in [-0.05, 0) is 12.5 Å². The molecule has 0 spiro atoms. The van der Waals surface area contributed by atoms with Crippen molar-refractivity contribution in [1.29, 1.82) is 0 Å². The first kappa shape index (κ1) is 14.2. The van der Waals surface area contributed by atoms with E-state index >= 15 is 0 Å². The Morgan fingerprint density at radius 1 is 1.44 bits per heavy atom. The Morgan fingerprint density at radius 2 is 2.11 bits per heavy atom. The van der Waals surface area contributed by atoms with Crippen LogP contribution in [0.1, 0.15) is 24.4 Å². The van der Waals surface area contributed by atoms with E-state index in [9.17, 15) is 9.18 Å². The topological polar surface area (TPSA) is 81.8 Å². The minimum Gasteiger partial charge on any atom is -0.497 e. The molecule has 1 aromatic carbocycles. The van der Waals surface area contributed by atoms with E-state index in [-0.39, 0.29) is 24.2 Å². The van der Waals surface area contributed by atoms with E-state index in [1.54, 1.807) is 0 Å². The molecule has 1 atom stereocenters. The van der Waals surface area contributed by atoms with Crippen LogP contribution >= 0.6 is 0 Å². The highest BCUT2D eigenvalue weighted by Gasteiger charge is 2.18. The number of hydrogen-bond donors (Lipinski definition) is 2. The Hall–Kier alpha value is -1.82. The molecule has 0 fully saturated rings. The maximum atomic E-state index is 14.0. The Labute approximate surface area is 104 Å². The third kappa shape index (κ3) is 3.33. The SMILES string of the molecule is COc1cc(OC)c(F)c(C(N)CCC(=O)O)c1. The van der Waals surface area contributed by atoms with Crippen molar-refractivity contribution in [3.05, 3.63) is 23.5 Å². The second kappa shape index (κ2) is 6.20. The van der Waals surface area contributed by atoms with Gasteiger partial charge in [-0.15, -0.1) is 0 Å². The average molecular weight is 257 g/mol. The highest BCUT2D eigenvalue weighted by molar-refractivity contribution is 5.66. The molecule has 3 N–H and O–H groups in total. The monoisotopic (exact) mass is 257 g/mol. The molecule has 0 amide bonds. The number of hydrogen-bond acceptors (Lipinski definition) is 4. The Morgan fingerprint density at radius 3 is 2.61 bits per heavy atom. The van der Waals surface area contributed by atoms with E-state index < -0.39 is 17.8 Å². The molecule has 0 heterocycles.